The monoisotopic (exact) mass is 454 g/mol. The van der Waals surface area contributed by atoms with E-state index in [1.54, 1.807) is 14.2 Å². The molecular formula is C24H34N6O3. The predicted molar refractivity (Wildman–Crippen MR) is 126 cm³/mol. The van der Waals surface area contributed by atoms with Crippen LogP contribution in [0.5, 0.6) is 5.75 Å². The van der Waals surface area contributed by atoms with Crippen LogP contribution < -0.4 is 10.3 Å². The van der Waals surface area contributed by atoms with E-state index < -0.39 is 0 Å². The van der Waals surface area contributed by atoms with Gasteiger partial charge in [-0.25, -0.2) is 4.68 Å². The second-order valence-electron chi connectivity index (χ2n) is 9.13. The molecule has 0 radical (unpaired) electrons. The Labute approximate surface area is 194 Å². The van der Waals surface area contributed by atoms with Gasteiger partial charge >= 0.3 is 0 Å². The van der Waals surface area contributed by atoms with Crippen molar-refractivity contribution in [3.05, 3.63) is 46.0 Å². The zero-order valence-corrected chi connectivity index (χ0v) is 20.0. The van der Waals surface area contributed by atoms with Crippen molar-refractivity contribution in [1.29, 1.82) is 0 Å². The molecule has 4 rings (SSSR count). The van der Waals surface area contributed by atoms with Crippen LogP contribution in [0.2, 0.25) is 0 Å². The fourth-order valence-electron chi connectivity index (χ4n) is 4.95. The zero-order valence-electron chi connectivity index (χ0n) is 20.0. The van der Waals surface area contributed by atoms with Crippen LogP contribution in [-0.2, 0) is 17.8 Å². The van der Waals surface area contributed by atoms with Crippen molar-refractivity contribution in [3.8, 4) is 5.75 Å². The van der Waals surface area contributed by atoms with E-state index in [1.807, 2.05) is 28.9 Å². The smallest absolute Gasteiger partial charge is 0.252 e. The molecule has 1 atom stereocenters. The van der Waals surface area contributed by atoms with Gasteiger partial charge in [-0.2, -0.15) is 0 Å². The average molecular weight is 455 g/mol. The Bertz CT molecular complexity index is 1120. The van der Waals surface area contributed by atoms with Gasteiger partial charge in [0.2, 0.25) is 0 Å². The van der Waals surface area contributed by atoms with Crippen LogP contribution in [0.3, 0.4) is 0 Å². The SMILES string of the molecule is COCCn1nnnc1[C@@H](C(C)C)N(Cc1cc2cc(OC)ccc2[nH]c1=O)C1CCCC1. The topological polar surface area (TPSA) is 98.2 Å². The molecule has 1 aliphatic carbocycles. The van der Waals surface area contributed by atoms with Crippen LogP contribution in [0.25, 0.3) is 10.9 Å². The number of nitrogens with one attached hydrogen (secondary N) is 1. The second-order valence-corrected chi connectivity index (χ2v) is 9.13. The Balaban J connectivity index is 1.73. The van der Waals surface area contributed by atoms with Crippen molar-refractivity contribution in [2.75, 3.05) is 20.8 Å². The van der Waals surface area contributed by atoms with E-state index in [-0.39, 0.29) is 17.5 Å². The fraction of sp³-hybridized carbons (Fsp3) is 0.583. The molecule has 1 saturated carbocycles. The lowest BCUT2D eigenvalue weighted by Crippen LogP contribution is -2.41. The molecule has 33 heavy (non-hydrogen) atoms. The lowest BCUT2D eigenvalue weighted by Gasteiger charge is -2.38. The van der Waals surface area contributed by atoms with Crippen LogP contribution in [0, 0.1) is 5.92 Å². The summed E-state index contributed by atoms with van der Waals surface area (Å²) >= 11 is 0. The summed E-state index contributed by atoms with van der Waals surface area (Å²) in [6.45, 7) is 6.05. The highest BCUT2D eigenvalue weighted by Crippen LogP contribution is 2.36. The first kappa shape index (κ1) is 23.4. The maximum absolute atomic E-state index is 13.0. The van der Waals surface area contributed by atoms with E-state index in [2.05, 4.69) is 39.3 Å². The molecule has 3 aromatic rings. The number of tetrazole rings is 1. The molecule has 9 nitrogen and oxygen atoms in total. The highest BCUT2D eigenvalue weighted by Gasteiger charge is 2.35. The fourth-order valence-corrected chi connectivity index (χ4v) is 4.95. The molecule has 9 heteroatoms. The number of hydrogen-bond acceptors (Lipinski definition) is 7. The summed E-state index contributed by atoms with van der Waals surface area (Å²) in [5.74, 6) is 1.86. The molecule has 0 aliphatic heterocycles. The van der Waals surface area contributed by atoms with E-state index in [9.17, 15) is 4.79 Å². The van der Waals surface area contributed by atoms with Crippen molar-refractivity contribution in [2.45, 2.75) is 64.7 Å². The molecule has 1 aliphatic rings. The number of aromatic nitrogens is 5. The molecule has 0 amide bonds. The van der Waals surface area contributed by atoms with Gasteiger partial charge in [-0.1, -0.05) is 26.7 Å². The highest BCUT2D eigenvalue weighted by atomic mass is 16.5. The number of ether oxygens (including phenoxy) is 2. The molecular weight excluding hydrogens is 420 g/mol. The van der Waals surface area contributed by atoms with Crippen LogP contribution in [0.15, 0.2) is 29.1 Å². The van der Waals surface area contributed by atoms with E-state index in [0.717, 1.165) is 40.9 Å². The van der Waals surface area contributed by atoms with Gasteiger partial charge in [0.15, 0.2) is 5.82 Å². The van der Waals surface area contributed by atoms with Crippen LogP contribution in [0.4, 0.5) is 0 Å². The minimum Gasteiger partial charge on any atom is -0.497 e. The first-order valence-electron chi connectivity index (χ1n) is 11.7. The first-order chi connectivity index (χ1) is 16.0. The molecule has 0 saturated heterocycles. The number of fused-ring (bicyclic) bond motifs is 1. The molecule has 0 unspecified atom stereocenters. The Morgan fingerprint density at radius 2 is 2.00 bits per heavy atom. The lowest BCUT2D eigenvalue weighted by atomic mass is 9.97. The van der Waals surface area contributed by atoms with Crippen LogP contribution in [-0.4, -0.2) is 57.0 Å². The first-order valence-corrected chi connectivity index (χ1v) is 11.7. The van der Waals surface area contributed by atoms with Crippen molar-refractivity contribution >= 4 is 10.9 Å². The van der Waals surface area contributed by atoms with Crippen molar-refractivity contribution in [1.82, 2.24) is 30.1 Å². The number of H-pyrrole nitrogens is 1. The third kappa shape index (κ3) is 5.09. The van der Waals surface area contributed by atoms with Crippen LogP contribution >= 0.6 is 0 Å². The summed E-state index contributed by atoms with van der Waals surface area (Å²) in [6, 6.07) is 8.06. The Hall–Kier alpha value is -2.78. The van der Waals surface area contributed by atoms with E-state index in [0.29, 0.717) is 25.7 Å². The maximum atomic E-state index is 13.0. The summed E-state index contributed by atoms with van der Waals surface area (Å²) in [4.78, 5) is 18.5. The quantitative estimate of drug-likeness (QED) is 0.502. The summed E-state index contributed by atoms with van der Waals surface area (Å²) in [6.07, 6.45) is 4.63. The number of nitrogens with zero attached hydrogens (tertiary/aromatic N) is 5. The van der Waals surface area contributed by atoms with E-state index in [4.69, 9.17) is 9.47 Å². The van der Waals surface area contributed by atoms with Crippen molar-refractivity contribution in [2.24, 2.45) is 5.92 Å². The molecule has 1 aromatic carbocycles. The minimum atomic E-state index is -0.0582. The van der Waals surface area contributed by atoms with Gasteiger partial charge < -0.3 is 14.5 Å². The Kier molecular flexibility index (Phi) is 7.39. The predicted octanol–water partition coefficient (Wildman–Crippen LogP) is 3.31. The molecule has 178 valence electrons. The van der Waals surface area contributed by atoms with Crippen LogP contribution in [0.1, 0.15) is 57.0 Å². The number of hydrogen-bond donors (Lipinski definition) is 1. The summed E-state index contributed by atoms with van der Waals surface area (Å²) in [5.41, 5.74) is 1.49. The third-order valence-electron chi connectivity index (χ3n) is 6.60. The Morgan fingerprint density at radius 1 is 1.21 bits per heavy atom. The zero-order chi connectivity index (χ0) is 23.4. The lowest BCUT2D eigenvalue weighted by molar-refractivity contribution is 0.0822. The maximum Gasteiger partial charge on any atom is 0.252 e. The number of rotatable bonds is 10. The largest absolute Gasteiger partial charge is 0.497 e. The number of pyridine rings is 1. The highest BCUT2D eigenvalue weighted by molar-refractivity contribution is 5.80. The molecule has 0 spiro atoms. The minimum absolute atomic E-state index is 0.0136. The molecule has 1 N–H and O–H groups in total. The molecule has 2 heterocycles. The van der Waals surface area contributed by atoms with Gasteiger partial charge in [-0.05, 0) is 53.5 Å². The van der Waals surface area contributed by atoms with Gasteiger partial charge in [0.05, 0.1) is 26.3 Å². The Morgan fingerprint density at radius 3 is 2.70 bits per heavy atom. The normalized spacial score (nSPS) is 15.7. The third-order valence-corrected chi connectivity index (χ3v) is 6.60. The van der Waals surface area contributed by atoms with Gasteiger partial charge in [0.1, 0.15) is 5.75 Å². The summed E-state index contributed by atoms with van der Waals surface area (Å²) in [5, 5.41) is 13.6. The molecule has 0 bridgehead atoms. The second kappa shape index (κ2) is 10.4. The van der Waals surface area contributed by atoms with Crippen molar-refractivity contribution in [3.63, 3.8) is 0 Å². The van der Waals surface area contributed by atoms with Gasteiger partial charge in [0.25, 0.3) is 5.56 Å². The van der Waals surface area contributed by atoms with E-state index in [1.165, 1.54) is 12.8 Å². The number of benzene rings is 1. The molecule has 2 aromatic heterocycles. The molecule has 1 fully saturated rings. The van der Waals surface area contributed by atoms with Gasteiger partial charge in [-0.3, -0.25) is 9.69 Å². The summed E-state index contributed by atoms with van der Waals surface area (Å²) < 4.78 is 12.5. The van der Waals surface area contributed by atoms with Gasteiger partial charge in [-0.15, -0.1) is 5.10 Å². The average Bonchev–Trinajstić information content (AvgIpc) is 3.49. The number of methoxy groups -OCH3 is 2. The van der Waals surface area contributed by atoms with Crippen molar-refractivity contribution < 1.29 is 9.47 Å². The van der Waals surface area contributed by atoms with Gasteiger partial charge in [0, 0.05) is 36.2 Å². The number of aromatic amines is 1. The summed E-state index contributed by atoms with van der Waals surface area (Å²) in [7, 11) is 3.33. The standard InChI is InChI=1S/C24H34N6O3/c1-16(2)22(23-26-27-28-30(23)11-12-32-3)29(19-7-5-6-8-19)15-18-13-17-14-20(33-4)9-10-21(17)25-24(18)31/h9-10,13-14,16,19,22H,5-8,11-12,15H2,1-4H3,(H,25,31)/t22-/m1/s1. The van der Waals surface area contributed by atoms with E-state index >= 15 is 0 Å².